The molecule has 1 aliphatic heterocycles. The second-order valence-corrected chi connectivity index (χ2v) is 7.12. The van der Waals surface area contributed by atoms with Crippen molar-refractivity contribution in [3.8, 4) is 5.75 Å². The average molecular weight is 407 g/mol. The predicted molar refractivity (Wildman–Crippen MR) is 114 cm³/mol. The zero-order valence-corrected chi connectivity index (χ0v) is 16.7. The fourth-order valence-corrected chi connectivity index (χ4v) is 3.25. The SMILES string of the molecule is O=C(Nc1cccc(OC[C@@H]2CCCO2)c1)Nc1ccn(CCc2ccncc2)n1. The van der Waals surface area contributed by atoms with Gasteiger partial charge in [-0.2, -0.15) is 5.10 Å². The maximum Gasteiger partial charge on any atom is 0.324 e. The molecule has 1 atom stereocenters. The highest BCUT2D eigenvalue weighted by atomic mass is 16.5. The van der Waals surface area contributed by atoms with Crippen molar-refractivity contribution < 1.29 is 14.3 Å². The Morgan fingerprint density at radius 3 is 2.93 bits per heavy atom. The third-order valence-electron chi connectivity index (χ3n) is 4.81. The normalized spacial score (nSPS) is 15.7. The van der Waals surface area contributed by atoms with Crippen LogP contribution in [-0.4, -0.2) is 40.1 Å². The topological polar surface area (TPSA) is 90.3 Å². The van der Waals surface area contributed by atoms with E-state index in [1.165, 1.54) is 5.56 Å². The molecule has 1 aromatic carbocycles. The third-order valence-corrected chi connectivity index (χ3v) is 4.81. The summed E-state index contributed by atoms with van der Waals surface area (Å²) < 4.78 is 13.1. The smallest absolute Gasteiger partial charge is 0.324 e. The van der Waals surface area contributed by atoms with E-state index in [0.717, 1.165) is 32.4 Å². The number of nitrogens with one attached hydrogen (secondary N) is 2. The van der Waals surface area contributed by atoms with Gasteiger partial charge in [0.05, 0.1) is 6.10 Å². The number of ether oxygens (including phenoxy) is 2. The van der Waals surface area contributed by atoms with Gasteiger partial charge in [-0.15, -0.1) is 0 Å². The second-order valence-electron chi connectivity index (χ2n) is 7.12. The number of hydrogen-bond acceptors (Lipinski definition) is 5. The van der Waals surface area contributed by atoms with Crippen LogP contribution >= 0.6 is 0 Å². The van der Waals surface area contributed by atoms with Crippen molar-refractivity contribution in [2.45, 2.75) is 31.9 Å². The summed E-state index contributed by atoms with van der Waals surface area (Å²) in [4.78, 5) is 16.3. The number of aromatic nitrogens is 3. The van der Waals surface area contributed by atoms with Gasteiger partial charge in [-0.3, -0.25) is 15.0 Å². The minimum Gasteiger partial charge on any atom is -0.491 e. The van der Waals surface area contributed by atoms with Crippen molar-refractivity contribution in [2.75, 3.05) is 23.8 Å². The standard InChI is InChI=1S/C22H25N5O3/c28-22(24-18-3-1-4-19(15-18)30-16-20-5-2-14-29-20)25-21-9-13-27(26-21)12-8-17-6-10-23-11-7-17/h1,3-4,6-7,9-11,13,15,20H,2,5,8,12,14,16H2,(H2,24,25,26,28)/t20-/m0/s1. The van der Waals surface area contributed by atoms with Crippen LogP contribution in [0.4, 0.5) is 16.3 Å². The molecule has 4 rings (SSSR count). The van der Waals surface area contributed by atoms with Crippen LogP contribution in [0.3, 0.4) is 0 Å². The molecule has 2 aromatic heterocycles. The van der Waals surface area contributed by atoms with Crippen molar-refractivity contribution in [3.05, 3.63) is 66.6 Å². The first-order chi connectivity index (χ1) is 14.7. The maximum absolute atomic E-state index is 12.3. The summed E-state index contributed by atoms with van der Waals surface area (Å²) in [6, 6.07) is 12.7. The van der Waals surface area contributed by atoms with Crippen LogP contribution in [0.5, 0.6) is 5.75 Å². The van der Waals surface area contributed by atoms with E-state index in [2.05, 4.69) is 20.7 Å². The van der Waals surface area contributed by atoms with Gasteiger partial charge >= 0.3 is 6.03 Å². The largest absolute Gasteiger partial charge is 0.491 e. The molecule has 8 heteroatoms. The minimum atomic E-state index is -0.356. The van der Waals surface area contributed by atoms with Crippen LogP contribution in [0, 0.1) is 0 Å². The van der Waals surface area contributed by atoms with Gasteiger partial charge in [-0.25, -0.2) is 4.79 Å². The van der Waals surface area contributed by atoms with Crippen molar-refractivity contribution in [3.63, 3.8) is 0 Å². The molecule has 2 N–H and O–H groups in total. The van der Waals surface area contributed by atoms with Crippen molar-refractivity contribution in [1.29, 1.82) is 0 Å². The number of amides is 2. The molecule has 0 unspecified atom stereocenters. The zero-order valence-electron chi connectivity index (χ0n) is 16.7. The second kappa shape index (κ2) is 9.89. The molecule has 1 fully saturated rings. The molecule has 0 aliphatic carbocycles. The molecule has 0 bridgehead atoms. The van der Waals surface area contributed by atoms with Gasteiger partial charge in [0.15, 0.2) is 5.82 Å². The van der Waals surface area contributed by atoms with E-state index >= 15 is 0 Å². The van der Waals surface area contributed by atoms with Gasteiger partial charge < -0.3 is 14.8 Å². The highest BCUT2D eigenvalue weighted by Gasteiger charge is 2.16. The van der Waals surface area contributed by atoms with Crippen LogP contribution in [-0.2, 0) is 17.7 Å². The molecule has 8 nitrogen and oxygen atoms in total. The molecule has 0 radical (unpaired) electrons. The van der Waals surface area contributed by atoms with E-state index in [1.807, 2.05) is 36.5 Å². The fraction of sp³-hybridized carbons (Fsp3) is 0.318. The number of carbonyl (C=O) groups excluding carboxylic acids is 1. The molecule has 30 heavy (non-hydrogen) atoms. The van der Waals surface area contributed by atoms with Crippen molar-refractivity contribution >= 4 is 17.5 Å². The number of pyridine rings is 1. The first-order valence-electron chi connectivity index (χ1n) is 10.1. The van der Waals surface area contributed by atoms with Crippen LogP contribution < -0.4 is 15.4 Å². The Balaban J connectivity index is 1.25. The van der Waals surface area contributed by atoms with Gasteiger partial charge in [-0.1, -0.05) is 6.07 Å². The molecule has 1 aliphatic rings. The Bertz CT molecular complexity index is 954. The number of hydrogen-bond donors (Lipinski definition) is 2. The first-order valence-corrected chi connectivity index (χ1v) is 10.1. The number of aryl methyl sites for hydroxylation is 2. The third kappa shape index (κ3) is 5.81. The number of rotatable bonds is 8. The highest BCUT2D eigenvalue weighted by Crippen LogP contribution is 2.20. The molecule has 156 valence electrons. The number of urea groups is 1. The lowest BCUT2D eigenvalue weighted by Gasteiger charge is -2.12. The Morgan fingerprint density at radius 1 is 1.20 bits per heavy atom. The molecule has 3 aromatic rings. The van der Waals surface area contributed by atoms with E-state index in [4.69, 9.17) is 9.47 Å². The Morgan fingerprint density at radius 2 is 2.10 bits per heavy atom. The van der Waals surface area contributed by atoms with Crippen LogP contribution in [0.15, 0.2) is 61.1 Å². The van der Waals surface area contributed by atoms with E-state index in [-0.39, 0.29) is 12.1 Å². The van der Waals surface area contributed by atoms with E-state index in [1.54, 1.807) is 29.2 Å². The van der Waals surface area contributed by atoms with Gasteiger partial charge in [0, 0.05) is 49.6 Å². The summed E-state index contributed by atoms with van der Waals surface area (Å²) in [7, 11) is 0. The van der Waals surface area contributed by atoms with E-state index < -0.39 is 0 Å². The van der Waals surface area contributed by atoms with E-state index in [9.17, 15) is 4.79 Å². The van der Waals surface area contributed by atoms with E-state index in [0.29, 0.717) is 23.9 Å². The fourth-order valence-electron chi connectivity index (χ4n) is 3.25. The van der Waals surface area contributed by atoms with Crippen molar-refractivity contribution in [2.24, 2.45) is 0 Å². The quantitative estimate of drug-likeness (QED) is 0.594. The number of benzene rings is 1. The Hall–Kier alpha value is -3.39. The van der Waals surface area contributed by atoms with Crippen molar-refractivity contribution in [1.82, 2.24) is 14.8 Å². The summed E-state index contributed by atoms with van der Waals surface area (Å²) in [6.07, 6.45) is 8.49. The molecule has 1 saturated heterocycles. The monoisotopic (exact) mass is 407 g/mol. The van der Waals surface area contributed by atoms with Gasteiger partial charge in [0.2, 0.25) is 0 Å². The number of carbonyl (C=O) groups is 1. The summed E-state index contributed by atoms with van der Waals surface area (Å²) >= 11 is 0. The maximum atomic E-state index is 12.3. The molecule has 2 amide bonds. The van der Waals surface area contributed by atoms with Gasteiger partial charge in [0.25, 0.3) is 0 Å². The van der Waals surface area contributed by atoms with Crippen LogP contribution in [0.2, 0.25) is 0 Å². The Labute approximate surface area is 175 Å². The molecule has 0 saturated carbocycles. The highest BCUT2D eigenvalue weighted by molar-refractivity contribution is 5.99. The lowest BCUT2D eigenvalue weighted by molar-refractivity contribution is 0.0680. The summed E-state index contributed by atoms with van der Waals surface area (Å²) in [5.41, 5.74) is 1.84. The average Bonchev–Trinajstić information content (AvgIpc) is 3.44. The number of nitrogens with zero attached hydrogens (tertiary/aromatic N) is 3. The lowest BCUT2D eigenvalue weighted by atomic mass is 10.2. The first kappa shape index (κ1) is 19.9. The Kier molecular flexibility index (Phi) is 6.56. The number of anilines is 2. The van der Waals surface area contributed by atoms with Crippen LogP contribution in [0.1, 0.15) is 18.4 Å². The summed E-state index contributed by atoms with van der Waals surface area (Å²) in [6.45, 7) is 2.04. The molecule has 0 spiro atoms. The minimum absolute atomic E-state index is 0.151. The molecule has 3 heterocycles. The van der Waals surface area contributed by atoms with Gasteiger partial charge in [0.1, 0.15) is 12.4 Å². The predicted octanol–water partition coefficient (Wildman–Crippen LogP) is 3.72. The molecular weight excluding hydrogens is 382 g/mol. The zero-order chi connectivity index (χ0) is 20.6. The summed E-state index contributed by atoms with van der Waals surface area (Å²) in [5, 5.41) is 9.95. The summed E-state index contributed by atoms with van der Waals surface area (Å²) in [5.74, 6) is 1.19. The van der Waals surface area contributed by atoms with Crippen LogP contribution in [0.25, 0.3) is 0 Å². The lowest BCUT2D eigenvalue weighted by Crippen LogP contribution is -2.20. The van der Waals surface area contributed by atoms with Gasteiger partial charge in [-0.05, 0) is 49.1 Å². The molecular formula is C22H25N5O3.